The predicted octanol–water partition coefficient (Wildman–Crippen LogP) is 16.4. The molecule has 0 bridgehead atoms. The molecule has 0 aromatic heterocycles. The van der Waals surface area contributed by atoms with Crippen LogP contribution in [0.25, 0.3) is 44.5 Å². The molecule has 0 saturated carbocycles. The molecule has 1 spiro atoms. The smallest absolute Gasteiger partial charge is 0.132 e. The van der Waals surface area contributed by atoms with Crippen LogP contribution in [0, 0.1) is 0 Å². The molecule has 9 aromatic carbocycles. The van der Waals surface area contributed by atoms with Crippen molar-refractivity contribution in [3.8, 4) is 56.0 Å². The number of hydrogen-bond donors (Lipinski definition) is 0. The van der Waals surface area contributed by atoms with Crippen LogP contribution in [0.5, 0.6) is 11.5 Å². The fourth-order valence-electron chi connectivity index (χ4n) is 11.5. The fraction of sp³-hybridized carbons (Fsp3) is 0.156. The van der Waals surface area contributed by atoms with Crippen molar-refractivity contribution >= 4 is 0 Å². The lowest BCUT2D eigenvalue weighted by Crippen LogP contribution is -2.34. The van der Waals surface area contributed by atoms with E-state index in [0.29, 0.717) is 0 Å². The third-order valence-electron chi connectivity index (χ3n) is 14.8. The minimum absolute atomic E-state index is 0.00621. The number of benzene rings is 9. The van der Waals surface area contributed by atoms with Gasteiger partial charge in [0.1, 0.15) is 11.5 Å². The van der Waals surface area contributed by atoms with Gasteiger partial charge in [-0.1, -0.05) is 224 Å². The summed E-state index contributed by atoms with van der Waals surface area (Å²) in [6.07, 6.45) is 0. The molecular weight excluding hydrogens is 785 g/mol. The second-order valence-electron chi connectivity index (χ2n) is 20.4. The molecule has 0 fully saturated rings. The molecule has 0 N–H and O–H groups in total. The zero-order valence-electron chi connectivity index (χ0n) is 38.0. The molecule has 0 atom stereocenters. The largest absolute Gasteiger partial charge is 0.457 e. The average Bonchev–Trinajstić information content (AvgIpc) is 3.79. The summed E-state index contributed by atoms with van der Waals surface area (Å²) in [5, 5.41) is 0. The number of hydrogen-bond acceptors (Lipinski definition) is 1. The molecular formula is C64H52O. The number of ether oxygens (including phenoxy) is 1. The van der Waals surface area contributed by atoms with Crippen molar-refractivity contribution in [1.82, 2.24) is 0 Å². The number of fused-ring (bicyclic) bond motifs is 12. The lowest BCUT2D eigenvalue weighted by molar-refractivity contribution is 0.434. The molecule has 65 heavy (non-hydrogen) atoms. The first kappa shape index (κ1) is 39.4. The second kappa shape index (κ2) is 14.1. The third kappa shape index (κ3) is 5.71. The maximum atomic E-state index is 6.73. The molecule has 12 rings (SSSR count). The molecule has 1 aliphatic heterocycles. The van der Waals surface area contributed by atoms with Gasteiger partial charge in [-0.05, 0) is 124 Å². The molecule has 1 heteroatoms. The molecule has 1 heterocycles. The highest BCUT2D eigenvalue weighted by atomic mass is 16.5. The molecule has 3 aliphatic rings. The molecule has 0 radical (unpaired) electrons. The average molecular weight is 837 g/mol. The maximum Gasteiger partial charge on any atom is 0.132 e. The van der Waals surface area contributed by atoms with Crippen LogP contribution < -0.4 is 4.74 Å². The Morgan fingerprint density at radius 3 is 1.25 bits per heavy atom. The van der Waals surface area contributed by atoms with Crippen LogP contribution in [0.4, 0.5) is 0 Å². The quantitative estimate of drug-likeness (QED) is 0.172. The predicted molar refractivity (Wildman–Crippen MR) is 269 cm³/mol. The summed E-state index contributed by atoms with van der Waals surface area (Å²) < 4.78 is 6.73. The number of para-hydroxylation sites is 1. The van der Waals surface area contributed by atoms with E-state index in [1.54, 1.807) is 0 Å². The summed E-state index contributed by atoms with van der Waals surface area (Å²) in [4.78, 5) is 0. The summed E-state index contributed by atoms with van der Waals surface area (Å²) in [5.41, 5.74) is 22.0. The summed E-state index contributed by atoms with van der Waals surface area (Å²) in [7, 11) is 0. The van der Waals surface area contributed by atoms with Crippen molar-refractivity contribution < 1.29 is 4.74 Å². The van der Waals surface area contributed by atoms with Crippen molar-refractivity contribution in [3.05, 3.63) is 262 Å². The standard InChI is InChI=1S/C64H52O/c1-61(2,3)47-31-34-51-52-35-32-48(62(4,5)6)40-57(52)64(56(51)39-47)53-22-14-13-21-49(53)50-33-29-43(37-55(50)64)41-25-27-42(28-26-41)44-30-36-60-58(38-44)63(45-17-9-7-10-18-45,46-19-11-8-12-20-46)54-23-15-16-24-59(54)65-60/h7-40H,1-6H3. The number of rotatable bonds is 4. The Labute approximate surface area is 384 Å². The first-order valence-electron chi connectivity index (χ1n) is 23.2. The van der Waals surface area contributed by atoms with Gasteiger partial charge in [-0.25, -0.2) is 0 Å². The van der Waals surface area contributed by atoms with Crippen LogP contribution >= 0.6 is 0 Å². The Morgan fingerprint density at radius 2 is 0.692 bits per heavy atom. The van der Waals surface area contributed by atoms with E-state index in [-0.39, 0.29) is 10.8 Å². The summed E-state index contributed by atoms with van der Waals surface area (Å²) in [6.45, 7) is 14.0. The molecule has 1 nitrogen and oxygen atoms in total. The molecule has 314 valence electrons. The van der Waals surface area contributed by atoms with Crippen molar-refractivity contribution in [1.29, 1.82) is 0 Å². The first-order valence-corrected chi connectivity index (χ1v) is 23.2. The Balaban J connectivity index is 1.01. The minimum Gasteiger partial charge on any atom is -0.457 e. The highest BCUT2D eigenvalue weighted by molar-refractivity contribution is 5.96. The van der Waals surface area contributed by atoms with E-state index in [1.165, 1.54) is 83.5 Å². The summed E-state index contributed by atoms with van der Waals surface area (Å²) in [5.74, 6) is 1.77. The molecule has 0 amide bonds. The lowest BCUT2D eigenvalue weighted by Gasteiger charge is -2.41. The van der Waals surface area contributed by atoms with Gasteiger partial charge in [0.15, 0.2) is 0 Å². The molecule has 0 saturated heterocycles. The molecule has 0 unspecified atom stereocenters. The van der Waals surface area contributed by atoms with E-state index in [2.05, 4.69) is 248 Å². The SMILES string of the molecule is CC(C)(C)c1ccc2c(c1)C1(c3ccccc3-c3ccc(-c4ccc(-c5ccc6c(c5)C(c5ccccc5)(c5ccccc5)c5ccccc5O6)cc4)cc31)c1cc(C(C)(C)C)ccc1-2. The Morgan fingerprint density at radius 1 is 0.292 bits per heavy atom. The molecule has 2 aliphatic carbocycles. The van der Waals surface area contributed by atoms with Gasteiger partial charge in [-0.15, -0.1) is 0 Å². The van der Waals surface area contributed by atoms with Crippen LogP contribution in [-0.2, 0) is 21.7 Å². The first-order chi connectivity index (χ1) is 31.5. The van der Waals surface area contributed by atoms with Crippen LogP contribution in [0.3, 0.4) is 0 Å². The lowest BCUT2D eigenvalue weighted by atomic mass is 9.63. The molecule has 9 aromatic rings. The van der Waals surface area contributed by atoms with Gasteiger partial charge in [-0.3, -0.25) is 0 Å². The second-order valence-corrected chi connectivity index (χ2v) is 20.4. The van der Waals surface area contributed by atoms with Crippen LogP contribution in [0.1, 0.15) is 97.2 Å². The highest BCUT2D eigenvalue weighted by Gasteiger charge is 2.52. The van der Waals surface area contributed by atoms with Gasteiger partial charge >= 0.3 is 0 Å². The highest BCUT2D eigenvalue weighted by Crippen LogP contribution is 2.64. The topological polar surface area (TPSA) is 9.23 Å². The summed E-state index contributed by atoms with van der Waals surface area (Å²) in [6, 6.07) is 77.3. The van der Waals surface area contributed by atoms with Crippen LogP contribution in [0.2, 0.25) is 0 Å². The van der Waals surface area contributed by atoms with E-state index in [0.717, 1.165) is 28.2 Å². The normalized spacial score (nSPS) is 14.7. The van der Waals surface area contributed by atoms with E-state index in [4.69, 9.17) is 4.74 Å². The van der Waals surface area contributed by atoms with Gasteiger partial charge < -0.3 is 4.74 Å². The fourth-order valence-corrected chi connectivity index (χ4v) is 11.5. The van der Waals surface area contributed by atoms with Gasteiger partial charge in [0, 0.05) is 11.1 Å². The third-order valence-corrected chi connectivity index (χ3v) is 14.8. The van der Waals surface area contributed by atoms with Crippen molar-refractivity contribution in [2.24, 2.45) is 0 Å². The summed E-state index contributed by atoms with van der Waals surface area (Å²) >= 11 is 0. The van der Waals surface area contributed by atoms with E-state index in [9.17, 15) is 0 Å². The minimum atomic E-state index is -0.570. The van der Waals surface area contributed by atoms with E-state index in [1.807, 2.05) is 0 Å². The zero-order valence-corrected chi connectivity index (χ0v) is 38.0. The van der Waals surface area contributed by atoms with Crippen molar-refractivity contribution in [2.75, 3.05) is 0 Å². The Hall–Kier alpha value is -7.22. The van der Waals surface area contributed by atoms with Crippen LogP contribution in [-0.4, -0.2) is 0 Å². The monoisotopic (exact) mass is 836 g/mol. The van der Waals surface area contributed by atoms with Gasteiger partial charge in [0.05, 0.1) is 10.8 Å². The van der Waals surface area contributed by atoms with E-state index >= 15 is 0 Å². The van der Waals surface area contributed by atoms with Crippen molar-refractivity contribution in [3.63, 3.8) is 0 Å². The van der Waals surface area contributed by atoms with Gasteiger partial charge in [0.2, 0.25) is 0 Å². The zero-order chi connectivity index (χ0) is 44.3. The van der Waals surface area contributed by atoms with Gasteiger partial charge in [-0.2, -0.15) is 0 Å². The van der Waals surface area contributed by atoms with Gasteiger partial charge in [0.25, 0.3) is 0 Å². The Kier molecular flexibility index (Phi) is 8.57. The van der Waals surface area contributed by atoms with Crippen LogP contribution in [0.15, 0.2) is 206 Å². The van der Waals surface area contributed by atoms with Crippen molar-refractivity contribution in [2.45, 2.75) is 63.2 Å². The Bertz CT molecular complexity index is 3240. The maximum absolute atomic E-state index is 6.73. The van der Waals surface area contributed by atoms with E-state index < -0.39 is 10.8 Å².